The Balaban J connectivity index is 2.69. The maximum atomic E-state index is 12.6. The minimum atomic E-state index is -0.596. The standard InChI is InChI=1S/C8H9FN4/c1-5(2)13-4-10-6-3-7(9)11-12-8(6)13/h3-5H,1-2H3. The molecule has 0 amide bonds. The summed E-state index contributed by atoms with van der Waals surface area (Å²) in [5.74, 6) is -0.596. The molecule has 0 N–H and O–H groups in total. The van der Waals surface area contributed by atoms with E-state index in [0.717, 1.165) is 0 Å². The molecule has 0 aliphatic heterocycles. The Kier molecular flexibility index (Phi) is 1.72. The van der Waals surface area contributed by atoms with E-state index in [4.69, 9.17) is 0 Å². The van der Waals surface area contributed by atoms with Crippen LogP contribution < -0.4 is 0 Å². The number of rotatable bonds is 1. The fraction of sp³-hybridized carbons (Fsp3) is 0.375. The molecular formula is C8H9FN4. The number of fused-ring (bicyclic) bond motifs is 1. The second kappa shape index (κ2) is 2.76. The summed E-state index contributed by atoms with van der Waals surface area (Å²) in [5.41, 5.74) is 1.16. The number of hydrogen-bond acceptors (Lipinski definition) is 3. The van der Waals surface area contributed by atoms with Crippen LogP contribution in [0.1, 0.15) is 19.9 Å². The van der Waals surface area contributed by atoms with E-state index in [1.165, 1.54) is 6.07 Å². The molecule has 0 aliphatic carbocycles. The summed E-state index contributed by atoms with van der Waals surface area (Å²) in [6.45, 7) is 4.01. The quantitative estimate of drug-likeness (QED) is 0.668. The van der Waals surface area contributed by atoms with Crippen LogP contribution in [0.5, 0.6) is 0 Å². The van der Waals surface area contributed by atoms with Gasteiger partial charge in [0.05, 0.1) is 6.33 Å². The maximum Gasteiger partial charge on any atom is 0.235 e. The molecule has 5 heteroatoms. The molecule has 4 nitrogen and oxygen atoms in total. The Morgan fingerprint density at radius 3 is 2.85 bits per heavy atom. The summed E-state index contributed by atoms with van der Waals surface area (Å²) in [6, 6.07) is 1.53. The van der Waals surface area contributed by atoms with Gasteiger partial charge in [0, 0.05) is 12.1 Å². The highest BCUT2D eigenvalue weighted by Crippen LogP contribution is 2.14. The molecular weight excluding hydrogens is 171 g/mol. The predicted octanol–water partition coefficient (Wildman–Crippen LogP) is 1.55. The molecule has 0 saturated heterocycles. The summed E-state index contributed by atoms with van der Waals surface area (Å²) in [6.07, 6.45) is 1.64. The van der Waals surface area contributed by atoms with Gasteiger partial charge < -0.3 is 4.57 Å². The van der Waals surface area contributed by atoms with E-state index >= 15 is 0 Å². The normalized spacial score (nSPS) is 11.4. The average Bonchev–Trinajstić information content (AvgIpc) is 2.46. The van der Waals surface area contributed by atoms with Gasteiger partial charge in [-0.2, -0.15) is 4.39 Å². The summed E-state index contributed by atoms with van der Waals surface area (Å²) >= 11 is 0. The van der Waals surface area contributed by atoms with Crippen molar-refractivity contribution in [1.82, 2.24) is 19.7 Å². The maximum absolute atomic E-state index is 12.6. The smallest absolute Gasteiger partial charge is 0.235 e. The highest BCUT2D eigenvalue weighted by molar-refractivity contribution is 5.69. The predicted molar refractivity (Wildman–Crippen MR) is 45.7 cm³/mol. The van der Waals surface area contributed by atoms with Crippen LogP contribution in [0.2, 0.25) is 0 Å². The van der Waals surface area contributed by atoms with E-state index in [1.807, 2.05) is 18.4 Å². The van der Waals surface area contributed by atoms with Gasteiger partial charge in [-0.25, -0.2) is 4.98 Å². The first-order valence-electron chi connectivity index (χ1n) is 4.04. The minimum Gasteiger partial charge on any atom is -0.311 e. The van der Waals surface area contributed by atoms with Crippen LogP contribution in [0.15, 0.2) is 12.4 Å². The first kappa shape index (κ1) is 8.10. The van der Waals surface area contributed by atoms with Gasteiger partial charge in [-0.05, 0) is 13.8 Å². The van der Waals surface area contributed by atoms with Gasteiger partial charge in [0.25, 0.3) is 0 Å². The van der Waals surface area contributed by atoms with Crippen molar-refractivity contribution in [2.75, 3.05) is 0 Å². The molecule has 0 unspecified atom stereocenters. The molecule has 0 radical (unpaired) electrons. The van der Waals surface area contributed by atoms with Crippen LogP contribution in [-0.2, 0) is 0 Å². The molecule has 2 aromatic rings. The van der Waals surface area contributed by atoms with Crippen LogP contribution in [0.3, 0.4) is 0 Å². The average molecular weight is 180 g/mol. The zero-order valence-corrected chi connectivity index (χ0v) is 7.40. The summed E-state index contributed by atoms with van der Waals surface area (Å²) in [5, 5.41) is 7.08. The van der Waals surface area contributed by atoms with Crippen molar-refractivity contribution in [2.45, 2.75) is 19.9 Å². The third-order valence-electron chi connectivity index (χ3n) is 1.85. The SMILES string of the molecule is CC(C)n1cnc2cc(F)nnc21. The molecule has 2 aromatic heterocycles. The number of halogens is 1. The molecule has 0 bridgehead atoms. The number of hydrogen-bond donors (Lipinski definition) is 0. The Bertz CT molecular complexity index is 435. The van der Waals surface area contributed by atoms with Gasteiger partial charge in [-0.15, -0.1) is 10.2 Å². The molecule has 0 aromatic carbocycles. The number of imidazole rings is 1. The van der Waals surface area contributed by atoms with Gasteiger partial charge >= 0.3 is 0 Å². The third kappa shape index (κ3) is 1.26. The molecule has 2 rings (SSSR count). The lowest BCUT2D eigenvalue weighted by Crippen LogP contribution is -2.00. The van der Waals surface area contributed by atoms with Crippen molar-refractivity contribution >= 4 is 11.2 Å². The van der Waals surface area contributed by atoms with Crippen molar-refractivity contribution in [1.29, 1.82) is 0 Å². The summed E-state index contributed by atoms with van der Waals surface area (Å²) in [4.78, 5) is 4.02. The zero-order valence-electron chi connectivity index (χ0n) is 7.40. The largest absolute Gasteiger partial charge is 0.311 e. The topological polar surface area (TPSA) is 43.6 Å². The lowest BCUT2D eigenvalue weighted by atomic mass is 10.4. The van der Waals surface area contributed by atoms with E-state index in [2.05, 4.69) is 15.2 Å². The fourth-order valence-corrected chi connectivity index (χ4v) is 1.19. The van der Waals surface area contributed by atoms with Gasteiger partial charge in [0.2, 0.25) is 5.95 Å². The second-order valence-electron chi connectivity index (χ2n) is 3.12. The molecule has 13 heavy (non-hydrogen) atoms. The van der Waals surface area contributed by atoms with Crippen molar-refractivity contribution in [3.05, 3.63) is 18.3 Å². The van der Waals surface area contributed by atoms with E-state index in [0.29, 0.717) is 11.2 Å². The lowest BCUT2D eigenvalue weighted by Gasteiger charge is -2.05. The Labute approximate surface area is 74.4 Å². The number of aromatic nitrogens is 4. The molecule has 0 fully saturated rings. The van der Waals surface area contributed by atoms with Gasteiger partial charge in [0.15, 0.2) is 5.65 Å². The first-order chi connectivity index (χ1) is 6.18. The highest BCUT2D eigenvalue weighted by Gasteiger charge is 2.07. The Morgan fingerprint density at radius 2 is 2.15 bits per heavy atom. The number of nitrogens with zero attached hydrogens (tertiary/aromatic N) is 4. The third-order valence-corrected chi connectivity index (χ3v) is 1.85. The second-order valence-corrected chi connectivity index (χ2v) is 3.12. The monoisotopic (exact) mass is 180 g/mol. The first-order valence-corrected chi connectivity index (χ1v) is 4.04. The van der Waals surface area contributed by atoms with E-state index in [9.17, 15) is 4.39 Å². The van der Waals surface area contributed by atoms with Crippen LogP contribution in [-0.4, -0.2) is 19.7 Å². The fourth-order valence-electron chi connectivity index (χ4n) is 1.19. The summed E-state index contributed by atoms with van der Waals surface area (Å²) in [7, 11) is 0. The van der Waals surface area contributed by atoms with Gasteiger partial charge in [0.1, 0.15) is 5.52 Å². The molecule has 68 valence electrons. The minimum absolute atomic E-state index is 0.254. The van der Waals surface area contributed by atoms with Crippen LogP contribution in [0.25, 0.3) is 11.2 Å². The molecule has 0 saturated carbocycles. The van der Waals surface area contributed by atoms with Crippen molar-refractivity contribution < 1.29 is 4.39 Å². The molecule has 0 spiro atoms. The Hall–Kier alpha value is -1.52. The molecule has 0 aliphatic rings. The van der Waals surface area contributed by atoms with Gasteiger partial charge in [-0.1, -0.05) is 0 Å². The van der Waals surface area contributed by atoms with Crippen LogP contribution in [0, 0.1) is 5.95 Å². The van der Waals surface area contributed by atoms with Crippen LogP contribution in [0.4, 0.5) is 4.39 Å². The van der Waals surface area contributed by atoms with E-state index in [-0.39, 0.29) is 6.04 Å². The molecule has 2 heterocycles. The van der Waals surface area contributed by atoms with Crippen molar-refractivity contribution in [3.63, 3.8) is 0 Å². The highest BCUT2D eigenvalue weighted by atomic mass is 19.1. The zero-order chi connectivity index (χ0) is 9.42. The van der Waals surface area contributed by atoms with Crippen molar-refractivity contribution in [2.24, 2.45) is 0 Å². The summed E-state index contributed by atoms with van der Waals surface area (Å²) < 4.78 is 14.5. The van der Waals surface area contributed by atoms with E-state index in [1.54, 1.807) is 6.33 Å². The lowest BCUT2D eigenvalue weighted by molar-refractivity contribution is 0.561. The van der Waals surface area contributed by atoms with Crippen molar-refractivity contribution in [3.8, 4) is 0 Å². The van der Waals surface area contributed by atoms with Gasteiger partial charge in [-0.3, -0.25) is 0 Å². The van der Waals surface area contributed by atoms with E-state index < -0.39 is 5.95 Å². The Morgan fingerprint density at radius 1 is 1.38 bits per heavy atom. The molecule has 0 atom stereocenters. The van der Waals surface area contributed by atoms with Crippen LogP contribution >= 0.6 is 0 Å².